The van der Waals surface area contributed by atoms with Gasteiger partial charge in [0.15, 0.2) is 0 Å². The van der Waals surface area contributed by atoms with Crippen molar-refractivity contribution in [3.05, 3.63) is 42.7 Å². The predicted octanol–water partition coefficient (Wildman–Crippen LogP) is 6.55. The van der Waals surface area contributed by atoms with Crippen molar-refractivity contribution in [3.63, 3.8) is 0 Å². The minimum atomic E-state index is 1.00. The fraction of sp³-hybridized carbons (Fsp3) is 0.636. The Labute approximate surface area is 149 Å². The molecule has 2 rings (SSSR count). The molecule has 134 valence electrons. The molecule has 0 atom stereocenters. The van der Waals surface area contributed by atoms with Gasteiger partial charge in [-0.25, -0.2) is 0 Å². The number of hydrogen-bond donors (Lipinski definition) is 0. The molecular weight excluding hydrogens is 292 g/mol. The van der Waals surface area contributed by atoms with Gasteiger partial charge in [0.05, 0.1) is 6.67 Å². The highest BCUT2D eigenvalue weighted by atomic mass is 15.3. The largest absolute Gasteiger partial charge is 0.358 e. The zero-order valence-electron chi connectivity index (χ0n) is 15.6. The maximum absolute atomic E-state index is 2.43. The molecule has 24 heavy (non-hydrogen) atoms. The van der Waals surface area contributed by atoms with E-state index in [9.17, 15) is 0 Å². The molecule has 0 fully saturated rings. The van der Waals surface area contributed by atoms with E-state index in [1.165, 1.54) is 82.9 Å². The SMILES string of the molecule is CCCCCCCCCCCCCN1C=CN(c2ccccc2)C1. The van der Waals surface area contributed by atoms with Crippen LogP contribution in [0.4, 0.5) is 5.69 Å². The summed E-state index contributed by atoms with van der Waals surface area (Å²) in [5.74, 6) is 0. The lowest BCUT2D eigenvalue weighted by Crippen LogP contribution is -2.25. The van der Waals surface area contributed by atoms with Crippen LogP contribution in [0.2, 0.25) is 0 Å². The zero-order chi connectivity index (χ0) is 16.9. The highest BCUT2D eigenvalue weighted by Crippen LogP contribution is 2.19. The van der Waals surface area contributed by atoms with Gasteiger partial charge in [0.2, 0.25) is 0 Å². The average molecular weight is 329 g/mol. The minimum Gasteiger partial charge on any atom is -0.358 e. The molecule has 1 aromatic rings. The number of benzene rings is 1. The van der Waals surface area contributed by atoms with E-state index in [-0.39, 0.29) is 0 Å². The van der Waals surface area contributed by atoms with Crippen LogP contribution in [0.1, 0.15) is 77.6 Å². The summed E-state index contributed by atoms with van der Waals surface area (Å²) in [5, 5.41) is 0. The van der Waals surface area contributed by atoms with Crippen LogP contribution in [0, 0.1) is 0 Å². The highest BCUT2D eigenvalue weighted by molar-refractivity contribution is 5.49. The molecule has 2 heteroatoms. The maximum Gasteiger partial charge on any atom is 0.0941 e. The highest BCUT2D eigenvalue weighted by Gasteiger charge is 2.12. The Morgan fingerprint density at radius 1 is 0.708 bits per heavy atom. The van der Waals surface area contributed by atoms with Gasteiger partial charge in [0, 0.05) is 24.6 Å². The summed E-state index contributed by atoms with van der Waals surface area (Å²) < 4.78 is 0. The number of rotatable bonds is 13. The molecule has 0 radical (unpaired) electrons. The van der Waals surface area contributed by atoms with Crippen molar-refractivity contribution in [2.75, 3.05) is 18.1 Å². The molecule has 0 N–H and O–H groups in total. The Hall–Kier alpha value is -1.44. The van der Waals surface area contributed by atoms with Gasteiger partial charge in [0.1, 0.15) is 0 Å². The van der Waals surface area contributed by atoms with Crippen LogP contribution in [0.25, 0.3) is 0 Å². The second-order valence-electron chi connectivity index (χ2n) is 7.09. The smallest absolute Gasteiger partial charge is 0.0941 e. The third-order valence-electron chi connectivity index (χ3n) is 4.93. The molecule has 1 aliphatic heterocycles. The van der Waals surface area contributed by atoms with Gasteiger partial charge in [-0.2, -0.15) is 0 Å². The van der Waals surface area contributed by atoms with E-state index in [0.29, 0.717) is 0 Å². The molecule has 1 aliphatic rings. The Bertz CT molecular complexity index is 441. The van der Waals surface area contributed by atoms with Gasteiger partial charge in [0.25, 0.3) is 0 Å². The molecular formula is C22H36N2. The maximum atomic E-state index is 2.43. The number of nitrogens with zero attached hydrogens (tertiary/aromatic N) is 2. The van der Waals surface area contributed by atoms with E-state index in [1.54, 1.807) is 0 Å². The minimum absolute atomic E-state index is 1.00. The Kier molecular flexibility index (Phi) is 9.45. The van der Waals surface area contributed by atoms with E-state index in [4.69, 9.17) is 0 Å². The molecule has 0 bridgehead atoms. The van der Waals surface area contributed by atoms with Gasteiger partial charge in [-0.15, -0.1) is 0 Å². The summed E-state index contributed by atoms with van der Waals surface area (Å²) in [6.45, 7) is 4.48. The molecule has 0 unspecified atom stereocenters. The van der Waals surface area contributed by atoms with Crippen LogP contribution in [0.5, 0.6) is 0 Å². The standard InChI is InChI=1S/C22H36N2/c1-2-3-4-5-6-7-8-9-10-11-15-18-23-19-20-24(21-23)22-16-13-12-14-17-22/h12-14,16-17,19-20H,2-11,15,18,21H2,1H3. The van der Waals surface area contributed by atoms with Crippen molar-refractivity contribution in [2.24, 2.45) is 0 Å². The lowest BCUT2D eigenvalue weighted by Gasteiger charge is -2.21. The molecule has 2 nitrogen and oxygen atoms in total. The summed E-state index contributed by atoms with van der Waals surface area (Å²) in [6.07, 6.45) is 20.0. The van der Waals surface area contributed by atoms with Gasteiger partial charge >= 0.3 is 0 Å². The molecule has 0 amide bonds. The number of para-hydroxylation sites is 1. The van der Waals surface area contributed by atoms with Crippen molar-refractivity contribution in [3.8, 4) is 0 Å². The summed E-state index contributed by atoms with van der Waals surface area (Å²) in [5.41, 5.74) is 1.29. The zero-order valence-corrected chi connectivity index (χ0v) is 15.6. The van der Waals surface area contributed by atoms with E-state index in [0.717, 1.165) is 6.67 Å². The third kappa shape index (κ3) is 7.42. The van der Waals surface area contributed by atoms with Crippen LogP contribution in [-0.4, -0.2) is 18.1 Å². The van der Waals surface area contributed by atoms with Crippen molar-refractivity contribution < 1.29 is 0 Å². The Morgan fingerprint density at radius 2 is 1.29 bits per heavy atom. The first-order chi connectivity index (χ1) is 11.9. The van der Waals surface area contributed by atoms with Crippen LogP contribution in [0.3, 0.4) is 0 Å². The number of hydrogen-bond acceptors (Lipinski definition) is 2. The van der Waals surface area contributed by atoms with Crippen LogP contribution in [-0.2, 0) is 0 Å². The second-order valence-corrected chi connectivity index (χ2v) is 7.09. The number of anilines is 1. The molecule has 0 saturated carbocycles. The first kappa shape index (κ1) is 18.9. The van der Waals surface area contributed by atoms with Gasteiger partial charge < -0.3 is 9.80 Å². The molecule has 1 heterocycles. The van der Waals surface area contributed by atoms with Crippen LogP contribution in [0.15, 0.2) is 42.7 Å². The van der Waals surface area contributed by atoms with Crippen molar-refractivity contribution in [1.82, 2.24) is 4.90 Å². The predicted molar refractivity (Wildman–Crippen MR) is 106 cm³/mol. The molecule has 0 aliphatic carbocycles. The quantitative estimate of drug-likeness (QED) is 0.379. The van der Waals surface area contributed by atoms with Crippen molar-refractivity contribution in [2.45, 2.75) is 77.6 Å². The van der Waals surface area contributed by atoms with Gasteiger partial charge in [-0.1, -0.05) is 89.3 Å². The van der Waals surface area contributed by atoms with Crippen LogP contribution >= 0.6 is 0 Å². The molecule has 0 saturated heterocycles. The summed E-state index contributed by atoms with van der Waals surface area (Å²) in [7, 11) is 0. The van der Waals surface area contributed by atoms with Crippen molar-refractivity contribution >= 4 is 5.69 Å². The summed E-state index contributed by atoms with van der Waals surface area (Å²) in [6, 6.07) is 10.6. The van der Waals surface area contributed by atoms with Crippen LogP contribution < -0.4 is 4.90 Å². The molecule has 0 spiro atoms. The fourth-order valence-electron chi connectivity index (χ4n) is 3.38. The average Bonchev–Trinajstić information content (AvgIpc) is 3.09. The van der Waals surface area contributed by atoms with E-state index in [1.807, 2.05) is 0 Å². The normalized spacial score (nSPS) is 13.9. The Morgan fingerprint density at radius 3 is 1.92 bits per heavy atom. The van der Waals surface area contributed by atoms with Gasteiger partial charge in [-0.3, -0.25) is 0 Å². The number of unbranched alkanes of at least 4 members (excludes halogenated alkanes) is 10. The summed E-state index contributed by atoms with van der Waals surface area (Å²) in [4.78, 5) is 4.75. The lowest BCUT2D eigenvalue weighted by molar-refractivity contribution is 0.388. The monoisotopic (exact) mass is 328 g/mol. The summed E-state index contributed by atoms with van der Waals surface area (Å²) >= 11 is 0. The van der Waals surface area contributed by atoms with E-state index >= 15 is 0 Å². The first-order valence-corrected chi connectivity index (χ1v) is 10.1. The molecule has 1 aromatic carbocycles. The Balaban J connectivity index is 1.41. The second kappa shape index (κ2) is 12.0. The van der Waals surface area contributed by atoms with E-state index in [2.05, 4.69) is 59.5 Å². The van der Waals surface area contributed by atoms with Gasteiger partial charge in [-0.05, 0) is 18.6 Å². The third-order valence-corrected chi connectivity index (χ3v) is 4.93. The molecule has 0 aromatic heterocycles. The fourth-order valence-corrected chi connectivity index (χ4v) is 3.38. The topological polar surface area (TPSA) is 6.48 Å². The first-order valence-electron chi connectivity index (χ1n) is 10.1. The lowest BCUT2D eigenvalue weighted by atomic mass is 10.1. The van der Waals surface area contributed by atoms with Crippen molar-refractivity contribution in [1.29, 1.82) is 0 Å². The van der Waals surface area contributed by atoms with E-state index < -0.39 is 0 Å².